The Morgan fingerprint density at radius 3 is 2.39 bits per heavy atom. The van der Waals surface area contributed by atoms with E-state index >= 15 is 0 Å². The van der Waals surface area contributed by atoms with Crippen LogP contribution in [0.4, 0.5) is 4.39 Å². The van der Waals surface area contributed by atoms with Crippen LogP contribution in [0.1, 0.15) is 23.0 Å². The molecule has 0 spiro atoms. The first-order chi connectivity index (χ1) is 11.0. The van der Waals surface area contributed by atoms with Gasteiger partial charge in [-0.3, -0.25) is 14.6 Å². The molecule has 2 amide bonds. The van der Waals surface area contributed by atoms with Crippen LogP contribution in [-0.2, 0) is 4.79 Å². The van der Waals surface area contributed by atoms with Crippen LogP contribution in [0.15, 0.2) is 24.3 Å². The van der Waals surface area contributed by atoms with Gasteiger partial charge in [0.25, 0.3) is 5.91 Å². The molecule has 0 aliphatic carbocycles. The van der Waals surface area contributed by atoms with Crippen LogP contribution >= 0.6 is 0 Å². The van der Waals surface area contributed by atoms with Crippen molar-refractivity contribution in [1.29, 1.82) is 0 Å². The SMILES string of the molecule is CC(=O)N1CCN(C(=O)c2cc(C)nc3ccc(F)cc23)CC1. The summed E-state index contributed by atoms with van der Waals surface area (Å²) < 4.78 is 13.6. The molecule has 0 unspecified atom stereocenters. The highest BCUT2D eigenvalue weighted by Gasteiger charge is 2.24. The number of amides is 2. The molecule has 0 bridgehead atoms. The number of benzene rings is 1. The van der Waals surface area contributed by atoms with Crippen molar-refractivity contribution in [3.8, 4) is 0 Å². The Hall–Kier alpha value is -2.50. The van der Waals surface area contributed by atoms with E-state index in [0.717, 1.165) is 5.69 Å². The first-order valence-electron chi connectivity index (χ1n) is 7.57. The van der Waals surface area contributed by atoms with Gasteiger partial charge in [0.1, 0.15) is 5.82 Å². The van der Waals surface area contributed by atoms with Crippen LogP contribution < -0.4 is 0 Å². The molecule has 0 N–H and O–H groups in total. The van der Waals surface area contributed by atoms with Crippen molar-refractivity contribution in [2.24, 2.45) is 0 Å². The molecular weight excluding hydrogens is 297 g/mol. The number of piperazine rings is 1. The van der Waals surface area contributed by atoms with Crippen molar-refractivity contribution in [2.45, 2.75) is 13.8 Å². The minimum absolute atomic E-state index is 0.0179. The predicted octanol–water partition coefficient (Wildman–Crippen LogP) is 1.99. The Morgan fingerprint density at radius 2 is 1.74 bits per heavy atom. The molecule has 5 nitrogen and oxygen atoms in total. The first-order valence-corrected chi connectivity index (χ1v) is 7.57. The third-order valence-corrected chi connectivity index (χ3v) is 4.14. The van der Waals surface area contributed by atoms with E-state index < -0.39 is 5.82 Å². The fourth-order valence-corrected chi connectivity index (χ4v) is 2.90. The second-order valence-electron chi connectivity index (χ2n) is 5.77. The van der Waals surface area contributed by atoms with E-state index in [9.17, 15) is 14.0 Å². The van der Waals surface area contributed by atoms with Gasteiger partial charge in [-0.1, -0.05) is 0 Å². The number of pyridine rings is 1. The summed E-state index contributed by atoms with van der Waals surface area (Å²) in [6.07, 6.45) is 0. The third kappa shape index (κ3) is 3.02. The van der Waals surface area contributed by atoms with Crippen molar-refractivity contribution >= 4 is 22.7 Å². The summed E-state index contributed by atoms with van der Waals surface area (Å²) in [4.78, 5) is 32.0. The van der Waals surface area contributed by atoms with E-state index in [-0.39, 0.29) is 11.8 Å². The van der Waals surface area contributed by atoms with E-state index in [2.05, 4.69) is 4.98 Å². The van der Waals surface area contributed by atoms with Gasteiger partial charge < -0.3 is 9.80 Å². The van der Waals surface area contributed by atoms with Crippen molar-refractivity contribution in [1.82, 2.24) is 14.8 Å². The summed E-state index contributed by atoms with van der Waals surface area (Å²) in [5.41, 5.74) is 1.79. The summed E-state index contributed by atoms with van der Waals surface area (Å²) in [6.45, 7) is 5.36. The second-order valence-corrected chi connectivity index (χ2v) is 5.77. The highest BCUT2D eigenvalue weighted by Crippen LogP contribution is 2.22. The van der Waals surface area contributed by atoms with E-state index in [1.54, 1.807) is 21.9 Å². The van der Waals surface area contributed by atoms with Crippen LogP contribution in [0.2, 0.25) is 0 Å². The largest absolute Gasteiger partial charge is 0.339 e. The summed E-state index contributed by atoms with van der Waals surface area (Å²) in [5, 5.41) is 0.523. The number of rotatable bonds is 1. The molecule has 1 aromatic carbocycles. The quantitative estimate of drug-likeness (QED) is 0.808. The lowest BCUT2D eigenvalue weighted by atomic mass is 10.1. The Balaban J connectivity index is 1.92. The summed E-state index contributed by atoms with van der Waals surface area (Å²) in [5.74, 6) is -0.516. The maximum Gasteiger partial charge on any atom is 0.254 e. The van der Waals surface area contributed by atoms with Crippen LogP contribution in [0.25, 0.3) is 10.9 Å². The molecule has 2 aromatic rings. The molecule has 0 saturated carbocycles. The monoisotopic (exact) mass is 315 g/mol. The topological polar surface area (TPSA) is 53.5 Å². The zero-order valence-corrected chi connectivity index (χ0v) is 13.2. The fraction of sp³-hybridized carbons (Fsp3) is 0.353. The maximum absolute atomic E-state index is 13.6. The zero-order valence-electron chi connectivity index (χ0n) is 13.2. The molecule has 0 radical (unpaired) electrons. The minimum atomic E-state index is -0.390. The number of nitrogens with zero attached hydrogens (tertiary/aromatic N) is 3. The molecule has 23 heavy (non-hydrogen) atoms. The van der Waals surface area contributed by atoms with Gasteiger partial charge in [0, 0.05) is 44.2 Å². The van der Waals surface area contributed by atoms with Crippen LogP contribution in [0, 0.1) is 12.7 Å². The van der Waals surface area contributed by atoms with Crippen LogP contribution in [0.5, 0.6) is 0 Å². The highest BCUT2D eigenvalue weighted by atomic mass is 19.1. The van der Waals surface area contributed by atoms with E-state index in [1.165, 1.54) is 19.1 Å². The summed E-state index contributed by atoms with van der Waals surface area (Å²) in [6, 6.07) is 5.97. The summed E-state index contributed by atoms with van der Waals surface area (Å²) >= 11 is 0. The number of aryl methyl sites for hydroxylation is 1. The van der Waals surface area contributed by atoms with Gasteiger partial charge in [-0.2, -0.15) is 0 Å². The lowest BCUT2D eigenvalue weighted by Gasteiger charge is -2.34. The van der Waals surface area contributed by atoms with Crippen LogP contribution in [0.3, 0.4) is 0 Å². The standard InChI is InChI=1S/C17H18FN3O2/c1-11-9-15(14-10-13(18)3-4-16(14)19-11)17(23)21-7-5-20(6-8-21)12(2)22/h3-4,9-10H,5-8H2,1-2H3. The molecule has 1 fully saturated rings. The van der Waals surface area contributed by atoms with Gasteiger partial charge in [-0.25, -0.2) is 4.39 Å². The van der Waals surface area contributed by atoms with Crippen molar-refractivity contribution < 1.29 is 14.0 Å². The van der Waals surface area contributed by atoms with Gasteiger partial charge >= 0.3 is 0 Å². The molecule has 3 rings (SSSR count). The Morgan fingerprint density at radius 1 is 1.09 bits per heavy atom. The van der Waals surface area contributed by atoms with E-state index in [1.807, 2.05) is 6.92 Å². The number of carbonyl (C=O) groups is 2. The van der Waals surface area contributed by atoms with Gasteiger partial charge in [0.05, 0.1) is 11.1 Å². The second kappa shape index (κ2) is 5.95. The normalized spacial score (nSPS) is 15.1. The number of carbonyl (C=O) groups excluding carboxylic acids is 2. The molecule has 1 saturated heterocycles. The van der Waals surface area contributed by atoms with Gasteiger partial charge in [-0.05, 0) is 31.2 Å². The first kappa shape index (κ1) is 15.4. The van der Waals surface area contributed by atoms with Crippen molar-refractivity contribution in [2.75, 3.05) is 26.2 Å². The Bertz CT molecular complexity index is 783. The van der Waals surface area contributed by atoms with Crippen molar-refractivity contribution in [3.05, 3.63) is 41.3 Å². The number of hydrogen-bond acceptors (Lipinski definition) is 3. The molecule has 6 heteroatoms. The molecule has 2 heterocycles. The smallest absolute Gasteiger partial charge is 0.254 e. The lowest BCUT2D eigenvalue weighted by Crippen LogP contribution is -2.50. The molecule has 120 valence electrons. The molecule has 1 aliphatic rings. The Labute approximate surface area is 133 Å². The Kier molecular flexibility index (Phi) is 3.98. The molecular formula is C17H18FN3O2. The van der Waals surface area contributed by atoms with E-state index in [4.69, 9.17) is 0 Å². The van der Waals surface area contributed by atoms with Gasteiger partial charge in [0.15, 0.2) is 0 Å². The lowest BCUT2D eigenvalue weighted by molar-refractivity contribution is -0.130. The fourth-order valence-electron chi connectivity index (χ4n) is 2.90. The van der Waals surface area contributed by atoms with Crippen LogP contribution in [-0.4, -0.2) is 52.8 Å². The molecule has 1 aliphatic heterocycles. The average Bonchev–Trinajstić information content (AvgIpc) is 2.54. The third-order valence-electron chi connectivity index (χ3n) is 4.14. The number of hydrogen-bond donors (Lipinski definition) is 0. The summed E-state index contributed by atoms with van der Waals surface area (Å²) in [7, 11) is 0. The van der Waals surface area contributed by atoms with Gasteiger partial charge in [0.2, 0.25) is 5.91 Å². The van der Waals surface area contributed by atoms with Gasteiger partial charge in [-0.15, -0.1) is 0 Å². The minimum Gasteiger partial charge on any atom is -0.339 e. The molecule has 0 atom stereocenters. The molecule has 1 aromatic heterocycles. The number of fused-ring (bicyclic) bond motifs is 1. The maximum atomic E-state index is 13.6. The van der Waals surface area contributed by atoms with Crippen molar-refractivity contribution in [3.63, 3.8) is 0 Å². The average molecular weight is 315 g/mol. The van der Waals surface area contributed by atoms with E-state index in [0.29, 0.717) is 42.6 Å². The zero-order chi connectivity index (χ0) is 16.6. The predicted molar refractivity (Wildman–Crippen MR) is 84.6 cm³/mol. The number of aromatic nitrogens is 1. The highest BCUT2D eigenvalue weighted by molar-refractivity contribution is 6.06. The number of halogens is 1.